The maximum absolute atomic E-state index is 12.5. The Labute approximate surface area is 233 Å². The fourth-order valence-electron chi connectivity index (χ4n) is 13.1. The van der Waals surface area contributed by atoms with Crippen molar-refractivity contribution in [2.45, 2.75) is 142 Å². The van der Waals surface area contributed by atoms with E-state index in [4.69, 9.17) is 14.2 Å². The van der Waals surface area contributed by atoms with Crippen molar-refractivity contribution >= 4 is 5.97 Å². The van der Waals surface area contributed by atoms with Crippen molar-refractivity contribution in [1.29, 1.82) is 0 Å². The van der Waals surface area contributed by atoms with Crippen LogP contribution in [0.25, 0.3) is 0 Å². The summed E-state index contributed by atoms with van der Waals surface area (Å²) in [4.78, 5) is 11.9. The molecule has 0 amide bonds. The molecule has 7 heteroatoms. The summed E-state index contributed by atoms with van der Waals surface area (Å²) in [5.41, 5.74) is -2.11. The predicted molar refractivity (Wildman–Crippen MR) is 143 cm³/mol. The lowest BCUT2D eigenvalue weighted by molar-refractivity contribution is -0.284. The van der Waals surface area contributed by atoms with E-state index in [9.17, 15) is 20.1 Å². The molecule has 5 aliphatic carbocycles. The number of hydrogen-bond acceptors (Lipinski definition) is 7. The fourth-order valence-corrected chi connectivity index (χ4v) is 13.1. The summed E-state index contributed by atoms with van der Waals surface area (Å²) in [7, 11) is 0. The van der Waals surface area contributed by atoms with Crippen molar-refractivity contribution in [2.24, 2.45) is 50.7 Å². The van der Waals surface area contributed by atoms with Gasteiger partial charge in [0.2, 0.25) is 0 Å². The van der Waals surface area contributed by atoms with Gasteiger partial charge in [-0.15, -0.1) is 0 Å². The van der Waals surface area contributed by atoms with Gasteiger partial charge in [0.15, 0.2) is 5.79 Å². The molecular formula is C32H50O7. The number of hydrogen-bond donors (Lipinski definition) is 3. The quantitative estimate of drug-likeness (QED) is 0.446. The Bertz CT molecular complexity index is 1100. The average Bonchev–Trinajstić information content (AvgIpc) is 3.30. The van der Waals surface area contributed by atoms with Gasteiger partial charge in [0, 0.05) is 23.7 Å². The van der Waals surface area contributed by atoms with Crippen molar-refractivity contribution in [1.82, 2.24) is 0 Å². The smallest absolute Gasteiger partial charge is 0.302 e. The first-order valence-corrected chi connectivity index (χ1v) is 15.5. The van der Waals surface area contributed by atoms with E-state index in [1.54, 1.807) is 13.8 Å². The summed E-state index contributed by atoms with van der Waals surface area (Å²) in [5, 5.41) is 35.7. The van der Waals surface area contributed by atoms with Crippen LogP contribution in [0, 0.1) is 50.7 Å². The molecule has 7 nitrogen and oxygen atoms in total. The van der Waals surface area contributed by atoms with Crippen LogP contribution in [0.4, 0.5) is 0 Å². The van der Waals surface area contributed by atoms with Crippen molar-refractivity contribution in [2.75, 3.05) is 0 Å². The Balaban J connectivity index is 1.31. The molecule has 3 spiro atoms. The lowest BCUT2D eigenvalue weighted by atomic mass is 9.40. The molecule has 0 aromatic rings. The van der Waals surface area contributed by atoms with Gasteiger partial charge in [-0.05, 0) is 92.8 Å². The van der Waals surface area contributed by atoms with E-state index in [0.717, 1.165) is 38.5 Å². The van der Waals surface area contributed by atoms with Crippen LogP contribution in [0.15, 0.2) is 0 Å². The maximum Gasteiger partial charge on any atom is 0.302 e. The van der Waals surface area contributed by atoms with E-state index in [-0.39, 0.29) is 63.5 Å². The predicted octanol–water partition coefficient (Wildman–Crippen LogP) is 4.20. The van der Waals surface area contributed by atoms with Crippen LogP contribution < -0.4 is 0 Å². The number of carbonyl (C=O) groups is 1. The second-order valence-corrected chi connectivity index (χ2v) is 16.6. The molecule has 2 bridgehead atoms. The van der Waals surface area contributed by atoms with Crippen molar-refractivity contribution in [3.8, 4) is 0 Å². The minimum Gasteiger partial charge on any atom is -0.462 e. The zero-order valence-electron chi connectivity index (χ0n) is 25.1. The molecule has 220 valence electrons. The molecular weight excluding hydrogens is 496 g/mol. The molecule has 2 aliphatic heterocycles. The van der Waals surface area contributed by atoms with Crippen LogP contribution >= 0.6 is 0 Å². The summed E-state index contributed by atoms with van der Waals surface area (Å²) in [5.74, 6) is -0.923. The number of aliphatic hydroxyl groups is 3. The van der Waals surface area contributed by atoms with Crippen LogP contribution in [0.1, 0.15) is 100 Å². The lowest BCUT2D eigenvalue weighted by Gasteiger charge is -2.64. The molecule has 2 heterocycles. The number of esters is 1. The number of aliphatic hydroxyl groups excluding tert-OH is 2. The second kappa shape index (κ2) is 7.42. The molecule has 7 fully saturated rings. The highest BCUT2D eigenvalue weighted by Gasteiger charge is 2.89. The van der Waals surface area contributed by atoms with E-state index in [1.807, 2.05) is 0 Å². The van der Waals surface area contributed by atoms with Gasteiger partial charge in [0.1, 0.15) is 18.3 Å². The monoisotopic (exact) mass is 546 g/mol. The minimum atomic E-state index is -1.16. The van der Waals surface area contributed by atoms with E-state index in [2.05, 4.69) is 34.6 Å². The zero-order valence-corrected chi connectivity index (χ0v) is 25.1. The maximum atomic E-state index is 12.5. The minimum absolute atomic E-state index is 0.0123. The molecule has 0 radical (unpaired) electrons. The summed E-state index contributed by atoms with van der Waals surface area (Å²) in [6.07, 6.45) is 4.07. The first-order chi connectivity index (χ1) is 17.9. The third-order valence-corrected chi connectivity index (χ3v) is 14.4. The summed E-state index contributed by atoms with van der Waals surface area (Å²) >= 11 is 0. The Morgan fingerprint density at radius 2 is 1.67 bits per heavy atom. The first-order valence-electron chi connectivity index (χ1n) is 15.5. The van der Waals surface area contributed by atoms with Crippen LogP contribution in [-0.2, 0) is 19.0 Å². The van der Waals surface area contributed by atoms with Gasteiger partial charge >= 0.3 is 5.97 Å². The van der Waals surface area contributed by atoms with Crippen LogP contribution in [-0.4, -0.2) is 63.2 Å². The number of fused-ring (bicyclic) bond motifs is 4. The van der Waals surface area contributed by atoms with Crippen molar-refractivity contribution in [3.63, 3.8) is 0 Å². The molecule has 39 heavy (non-hydrogen) atoms. The van der Waals surface area contributed by atoms with Gasteiger partial charge < -0.3 is 29.5 Å². The molecule has 7 aliphatic rings. The molecule has 2 saturated heterocycles. The lowest BCUT2D eigenvalue weighted by Crippen LogP contribution is -2.64. The van der Waals surface area contributed by atoms with Crippen molar-refractivity contribution < 1.29 is 34.3 Å². The average molecular weight is 547 g/mol. The Morgan fingerprint density at radius 3 is 2.31 bits per heavy atom. The molecule has 0 aromatic heterocycles. The summed E-state index contributed by atoms with van der Waals surface area (Å²) in [6.45, 7) is 16.3. The topological polar surface area (TPSA) is 105 Å². The van der Waals surface area contributed by atoms with E-state index >= 15 is 0 Å². The highest BCUT2D eigenvalue weighted by molar-refractivity contribution is 5.66. The van der Waals surface area contributed by atoms with Gasteiger partial charge in [-0.3, -0.25) is 4.79 Å². The van der Waals surface area contributed by atoms with Crippen LogP contribution in [0.3, 0.4) is 0 Å². The number of ether oxygens (including phenoxy) is 3. The molecule has 14 atom stereocenters. The third kappa shape index (κ3) is 2.82. The van der Waals surface area contributed by atoms with Crippen LogP contribution in [0.5, 0.6) is 0 Å². The summed E-state index contributed by atoms with van der Waals surface area (Å²) in [6, 6.07) is 0. The van der Waals surface area contributed by atoms with E-state index in [0.29, 0.717) is 6.42 Å². The van der Waals surface area contributed by atoms with E-state index in [1.165, 1.54) is 6.92 Å². The van der Waals surface area contributed by atoms with Gasteiger partial charge in [0.05, 0.1) is 17.8 Å². The zero-order chi connectivity index (χ0) is 28.3. The van der Waals surface area contributed by atoms with Gasteiger partial charge in [-0.2, -0.15) is 0 Å². The highest BCUT2D eigenvalue weighted by atomic mass is 16.8. The SMILES string of the molecule is CC(=O)O[C@H]1CC[C@]23C[C@]24CC[C@]2(C)[C@H]5[C@H](C)C[C@@H]6O[C@@]5(O[C@@H]6C(C)(C)O)[C@H](O)[C@@]2(C)[C@@H]4[C@@H](O)CC3C1(C)C. The second-order valence-electron chi connectivity index (χ2n) is 16.6. The third-order valence-electron chi connectivity index (χ3n) is 14.4. The summed E-state index contributed by atoms with van der Waals surface area (Å²) < 4.78 is 19.3. The first kappa shape index (κ1) is 27.1. The number of rotatable bonds is 2. The van der Waals surface area contributed by atoms with Crippen LogP contribution in [0.2, 0.25) is 0 Å². The van der Waals surface area contributed by atoms with Crippen molar-refractivity contribution in [3.05, 3.63) is 0 Å². The molecule has 0 aromatic carbocycles. The molecule has 7 rings (SSSR count). The molecule has 3 N–H and O–H groups in total. The Morgan fingerprint density at radius 1 is 0.974 bits per heavy atom. The Hall–Kier alpha value is -0.730. The van der Waals surface area contributed by atoms with Gasteiger partial charge in [0.25, 0.3) is 0 Å². The molecule has 1 unspecified atom stereocenters. The number of carbonyl (C=O) groups excluding carboxylic acids is 1. The fraction of sp³-hybridized carbons (Fsp3) is 0.969. The van der Waals surface area contributed by atoms with Gasteiger partial charge in [-0.1, -0.05) is 34.6 Å². The van der Waals surface area contributed by atoms with Gasteiger partial charge in [-0.25, -0.2) is 0 Å². The Kier molecular flexibility index (Phi) is 5.16. The normalized spacial score (nSPS) is 60.3. The highest BCUT2D eigenvalue weighted by Crippen LogP contribution is 2.90. The van der Waals surface area contributed by atoms with E-state index < -0.39 is 35.1 Å². The largest absolute Gasteiger partial charge is 0.462 e. The standard InChI is InChI=1S/C32H50O7/c1-16-13-19-24(27(5,6)36)39-32(38-19)22(16)28(7)11-12-31-15-30(31)10-9-21(37-17(2)33)26(3,4)20(30)14-18(34)23(31)29(28,8)25(32)35/h16,18-25,34-36H,9-15H2,1-8H3/t16-,18+,19+,20?,21+,22-,23+,24+,25-,28-,29-,30-,31+,32+/m1/s1. The molecule has 5 saturated carbocycles.